The number of fused-ring (bicyclic) bond motifs is 1. The van der Waals surface area contributed by atoms with E-state index >= 15 is 0 Å². The van der Waals surface area contributed by atoms with E-state index in [1.165, 1.54) is 18.5 Å². The van der Waals surface area contributed by atoms with Gasteiger partial charge in [0, 0.05) is 36.2 Å². The number of hydrogen-bond donors (Lipinski definition) is 2. The van der Waals surface area contributed by atoms with Crippen molar-refractivity contribution in [2.45, 2.75) is 18.3 Å². The Balaban J connectivity index is 2.13. The van der Waals surface area contributed by atoms with Crippen LogP contribution in [0.25, 0.3) is 5.78 Å². The molecule has 1 saturated carbocycles. The van der Waals surface area contributed by atoms with E-state index in [9.17, 15) is 0 Å². The van der Waals surface area contributed by atoms with Crippen LogP contribution in [0.5, 0.6) is 0 Å². The lowest BCUT2D eigenvalue weighted by Gasteiger charge is -2.07. The van der Waals surface area contributed by atoms with Crippen molar-refractivity contribution in [2.75, 3.05) is 6.54 Å². The highest BCUT2D eigenvalue weighted by molar-refractivity contribution is 5.36. The molecular weight excluding hydrogens is 164 g/mol. The molecule has 4 nitrogen and oxygen atoms in total. The Bertz CT molecular complexity index is 407. The van der Waals surface area contributed by atoms with Crippen LogP contribution in [0.2, 0.25) is 0 Å². The summed E-state index contributed by atoms with van der Waals surface area (Å²) in [5, 5.41) is 0. The summed E-state index contributed by atoms with van der Waals surface area (Å²) in [6.07, 6.45) is 8.24. The maximum Gasteiger partial charge on any atom is 0.211 e. The van der Waals surface area contributed by atoms with E-state index in [0.29, 0.717) is 0 Å². The molecule has 0 atom stereocenters. The van der Waals surface area contributed by atoms with Gasteiger partial charge in [-0.15, -0.1) is 0 Å². The van der Waals surface area contributed by atoms with Crippen molar-refractivity contribution in [1.82, 2.24) is 14.4 Å². The first-order chi connectivity index (χ1) is 6.34. The van der Waals surface area contributed by atoms with Crippen LogP contribution >= 0.6 is 0 Å². The topological polar surface area (TPSA) is 59.1 Å². The molecule has 0 aromatic carbocycles. The SMILES string of the molecule is NCC1(c2cn3ccnc3[nH]2)CC1. The molecule has 68 valence electrons. The van der Waals surface area contributed by atoms with Gasteiger partial charge in [0.2, 0.25) is 5.78 Å². The highest BCUT2D eigenvalue weighted by atomic mass is 15.1. The fourth-order valence-electron chi connectivity index (χ4n) is 1.81. The van der Waals surface area contributed by atoms with E-state index in [-0.39, 0.29) is 5.41 Å². The molecule has 0 amide bonds. The van der Waals surface area contributed by atoms with E-state index in [0.717, 1.165) is 12.3 Å². The van der Waals surface area contributed by atoms with Gasteiger partial charge in [0.1, 0.15) is 0 Å². The van der Waals surface area contributed by atoms with Crippen LogP contribution in [0.3, 0.4) is 0 Å². The first kappa shape index (κ1) is 7.15. The molecule has 0 unspecified atom stereocenters. The van der Waals surface area contributed by atoms with Gasteiger partial charge in [0.05, 0.1) is 0 Å². The van der Waals surface area contributed by atoms with E-state index in [1.54, 1.807) is 6.20 Å². The molecule has 0 bridgehead atoms. The van der Waals surface area contributed by atoms with Gasteiger partial charge in [0.15, 0.2) is 0 Å². The molecule has 0 spiro atoms. The molecule has 0 aliphatic heterocycles. The summed E-state index contributed by atoms with van der Waals surface area (Å²) < 4.78 is 2.01. The summed E-state index contributed by atoms with van der Waals surface area (Å²) in [6, 6.07) is 0. The number of imidazole rings is 2. The molecule has 0 radical (unpaired) electrons. The second-order valence-corrected chi connectivity index (χ2v) is 3.81. The predicted molar refractivity (Wildman–Crippen MR) is 49.5 cm³/mol. The minimum absolute atomic E-state index is 0.237. The average molecular weight is 176 g/mol. The van der Waals surface area contributed by atoms with Crippen molar-refractivity contribution in [3.63, 3.8) is 0 Å². The van der Waals surface area contributed by atoms with Gasteiger partial charge in [-0.05, 0) is 12.8 Å². The number of nitrogens with two attached hydrogens (primary N) is 1. The molecule has 1 aliphatic rings. The van der Waals surface area contributed by atoms with E-state index in [4.69, 9.17) is 5.73 Å². The fourth-order valence-corrected chi connectivity index (χ4v) is 1.81. The summed E-state index contributed by atoms with van der Waals surface area (Å²) in [5.41, 5.74) is 7.21. The fraction of sp³-hybridized carbons (Fsp3) is 0.444. The lowest BCUT2D eigenvalue weighted by Crippen LogP contribution is -2.19. The number of H-pyrrole nitrogens is 1. The molecule has 2 heterocycles. The third-order valence-electron chi connectivity index (χ3n) is 3.00. The molecule has 3 rings (SSSR count). The Morgan fingerprint density at radius 1 is 1.62 bits per heavy atom. The lowest BCUT2D eigenvalue weighted by molar-refractivity contribution is 0.683. The zero-order valence-corrected chi connectivity index (χ0v) is 7.33. The lowest BCUT2D eigenvalue weighted by atomic mass is 10.0. The Morgan fingerprint density at radius 3 is 3.08 bits per heavy atom. The quantitative estimate of drug-likeness (QED) is 0.706. The minimum atomic E-state index is 0.237. The average Bonchev–Trinajstić information content (AvgIpc) is 2.63. The number of nitrogens with zero attached hydrogens (tertiary/aromatic N) is 2. The highest BCUT2D eigenvalue weighted by Crippen LogP contribution is 2.46. The van der Waals surface area contributed by atoms with E-state index in [2.05, 4.69) is 16.2 Å². The molecule has 4 heteroatoms. The normalized spacial score (nSPS) is 19.5. The first-order valence-electron chi connectivity index (χ1n) is 4.56. The van der Waals surface area contributed by atoms with Crippen LogP contribution in [-0.2, 0) is 5.41 Å². The van der Waals surface area contributed by atoms with Crippen molar-refractivity contribution in [3.05, 3.63) is 24.3 Å². The van der Waals surface area contributed by atoms with Crippen LogP contribution in [0, 0.1) is 0 Å². The van der Waals surface area contributed by atoms with Crippen molar-refractivity contribution in [1.29, 1.82) is 0 Å². The van der Waals surface area contributed by atoms with Gasteiger partial charge in [-0.3, -0.25) is 4.40 Å². The standard InChI is InChI=1S/C9H12N4/c10-6-9(1-2-9)7-5-13-4-3-11-8(13)12-7/h3-5H,1-2,6,10H2,(H,11,12). The number of aromatic amines is 1. The summed E-state index contributed by atoms with van der Waals surface area (Å²) >= 11 is 0. The zero-order chi connectivity index (χ0) is 8.89. The summed E-state index contributed by atoms with van der Waals surface area (Å²) in [4.78, 5) is 7.48. The van der Waals surface area contributed by atoms with Gasteiger partial charge in [-0.25, -0.2) is 4.98 Å². The summed E-state index contributed by atoms with van der Waals surface area (Å²) in [5.74, 6) is 0.912. The molecule has 0 saturated heterocycles. The number of aromatic nitrogens is 3. The molecule has 2 aromatic rings. The molecule has 2 aromatic heterocycles. The molecule has 1 fully saturated rings. The van der Waals surface area contributed by atoms with E-state index in [1.807, 2.05) is 10.6 Å². The minimum Gasteiger partial charge on any atom is -0.330 e. The van der Waals surface area contributed by atoms with Crippen LogP contribution in [0.4, 0.5) is 0 Å². The molecule has 13 heavy (non-hydrogen) atoms. The first-order valence-corrected chi connectivity index (χ1v) is 4.56. The molecule has 1 aliphatic carbocycles. The molecule has 3 N–H and O–H groups in total. The van der Waals surface area contributed by atoms with Crippen LogP contribution in [-0.4, -0.2) is 20.9 Å². The number of hydrogen-bond acceptors (Lipinski definition) is 2. The number of rotatable bonds is 2. The molecular formula is C9H12N4. The van der Waals surface area contributed by atoms with Crippen molar-refractivity contribution in [3.8, 4) is 0 Å². The number of nitrogens with one attached hydrogen (secondary N) is 1. The second-order valence-electron chi connectivity index (χ2n) is 3.81. The van der Waals surface area contributed by atoms with Gasteiger partial charge in [-0.1, -0.05) is 0 Å². The van der Waals surface area contributed by atoms with Crippen molar-refractivity contribution >= 4 is 5.78 Å². The Labute approximate surface area is 75.8 Å². The maximum absolute atomic E-state index is 5.74. The largest absolute Gasteiger partial charge is 0.330 e. The van der Waals surface area contributed by atoms with Gasteiger partial charge in [-0.2, -0.15) is 0 Å². The third kappa shape index (κ3) is 0.862. The summed E-state index contributed by atoms with van der Waals surface area (Å²) in [7, 11) is 0. The Morgan fingerprint density at radius 2 is 2.46 bits per heavy atom. The monoisotopic (exact) mass is 176 g/mol. The smallest absolute Gasteiger partial charge is 0.211 e. The zero-order valence-electron chi connectivity index (χ0n) is 7.33. The Hall–Kier alpha value is -1.29. The van der Waals surface area contributed by atoms with E-state index < -0.39 is 0 Å². The van der Waals surface area contributed by atoms with Crippen molar-refractivity contribution < 1.29 is 0 Å². The summed E-state index contributed by atoms with van der Waals surface area (Å²) in [6.45, 7) is 0.733. The maximum atomic E-state index is 5.74. The predicted octanol–water partition coefficient (Wildman–Crippen LogP) is 0.653. The van der Waals surface area contributed by atoms with Crippen LogP contribution in [0.1, 0.15) is 18.5 Å². The van der Waals surface area contributed by atoms with Crippen LogP contribution < -0.4 is 5.73 Å². The van der Waals surface area contributed by atoms with Crippen molar-refractivity contribution in [2.24, 2.45) is 5.73 Å². The third-order valence-corrected chi connectivity index (χ3v) is 3.00. The Kier molecular flexibility index (Phi) is 1.18. The van der Waals surface area contributed by atoms with Gasteiger partial charge >= 0.3 is 0 Å². The van der Waals surface area contributed by atoms with Gasteiger partial charge in [0.25, 0.3) is 0 Å². The van der Waals surface area contributed by atoms with Crippen LogP contribution in [0.15, 0.2) is 18.6 Å². The highest BCUT2D eigenvalue weighted by Gasteiger charge is 2.44. The second kappa shape index (κ2) is 2.14. The van der Waals surface area contributed by atoms with Gasteiger partial charge < -0.3 is 10.7 Å².